The van der Waals surface area contributed by atoms with Crippen LogP contribution in [0.15, 0.2) is 42.5 Å². The van der Waals surface area contributed by atoms with Crippen LogP contribution in [0.4, 0.5) is 17.1 Å². The highest BCUT2D eigenvalue weighted by Gasteiger charge is 2.11. The second-order valence-corrected chi connectivity index (χ2v) is 6.06. The summed E-state index contributed by atoms with van der Waals surface area (Å²) in [6, 6.07) is 11.1. The molecule has 0 atom stereocenters. The Morgan fingerprint density at radius 3 is 1.68 bits per heavy atom. The van der Waals surface area contributed by atoms with Crippen LogP contribution in [0.2, 0.25) is 10.0 Å². The van der Waals surface area contributed by atoms with E-state index in [4.69, 9.17) is 23.2 Å². The highest BCUT2D eigenvalue weighted by atomic mass is 35.5. The molecule has 0 bridgehead atoms. The fourth-order valence-corrected chi connectivity index (χ4v) is 2.55. The van der Waals surface area contributed by atoms with Gasteiger partial charge in [0.15, 0.2) is 0 Å². The SMILES string of the molecule is CC(=O)Nc1ccc(NC(=O)CC(=O)Nc2cc(Cl)cc(Cl)c2)cc1. The van der Waals surface area contributed by atoms with Crippen molar-refractivity contribution in [3.63, 3.8) is 0 Å². The number of carbonyl (C=O) groups is 3. The van der Waals surface area contributed by atoms with Gasteiger partial charge in [-0.3, -0.25) is 14.4 Å². The van der Waals surface area contributed by atoms with Gasteiger partial charge in [-0.25, -0.2) is 0 Å². The average Bonchev–Trinajstić information content (AvgIpc) is 2.47. The van der Waals surface area contributed by atoms with E-state index in [0.29, 0.717) is 27.1 Å². The van der Waals surface area contributed by atoms with Crippen molar-refractivity contribution in [2.24, 2.45) is 0 Å². The zero-order chi connectivity index (χ0) is 18.4. The third-order valence-electron chi connectivity index (χ3n) is 2.96. The maximum Gasteiger partial charge on any atom is 0.233 e. The minimum atomic E-state index is -0.495. The summed E-state index contributed by atoms with van der Waals surface area (Å²) in [7, 11) is 0. The molecular weight excluding hydrogens is 365 g/mol. The van der Waals surface area contributed by atoms with E-state index in [1.165, 1.54) is 25.1 Å². The maximum atomic E-state index is 11.9. The molecule has 6 nitrogen and oxygen atoms in total. The Morgan fingerprint density at radius 2 is 1.20 bits per heavy atom. The number of carbonyl (C=O) groups excluding carboxylic acids is 3. The first-order valence-corrected chi connectivity index (χ1v) is 8.01. The van der Waals surface area contributed by atoms with Gasteiger partial charge in [0.05, 0.1) is 0 Å². The molecule has 0 aliphatic carbocycles. The fraction of sp³-hybridized carbons (Fsp3) is 0.118. The van der Waals surface area contributed by atoms with Crippen molar-refractivity contribution in [1.29, 1.82) is 0 Å². The lowest BCUT2D eigenvalue weighted by Crippen LogP contribution is -2.21. The van der Waals surface area contributed by atoms with Crippen molar-refractivity contribution < 1.29 is 14.4 Å². The van der Waals surface area contributed by atoms with Gasteiger partial charge in [0.2, 0.25) is 17.7 Å². The van der Waals surface area contributed by atoms with Crippen LogP contribution in [0.5, 0.6) is 0 Å². The Hall–Kier alpha value is -2.57. The summed E-state index contributed by atoms with van der Waals surface area (Å²) in [5.74, 6) is -1.15. The summed E-state index contributed by atoms with van der Waals surface area (Å²) < 4.78 is 0. The lowest BCUT2D eigenvalue weighted by atomic mass is 10.2. The Balaban J connectivity index is 1.88. The lowest BCUT2D eigenvalue weighted by molar-refractivity contribution is -0.123. The number of hydrogen-bond donors (Lipinski definition) is 3. The molecule has 0 aromatic heterocycles. The smallest absolute Gasteiger partial charge is 0.233 e. The molecule has 0 heterocycles. The first-order chi connectivity index (χ1) is 11.8. The molecule has 0 saturated carbocycles. The predicted molar refractivity (Wildman–Crippen MR) is 99.1 cm³/mol. The lowest BCUT2D eigenvalue weighted by Gasteiger charge is -2.08. The molecule has 130 valence electrons. The number of anilines is 3. The van der Waals surface area contributed by atoms with Crippen LogP contribution in [-0.4, -0.2) is 17.7 Å². The summed E-state index contributed by atoms with van der Waals surface area (Å²) in [6.07, 6.45) is -0.364. The Morgan fingerprint density at radius 1 is 0.760 bits per heavy atom. The monoisotopic (exact) mass is 379 g/mol. The van der Waals surface area contributed by atoms with Crippen molar-refractivity contribution in [2.75, 3.05) is 16.0 Å². The van der Waals surface area contributed by atoms with Gasteiger partial charge in [-0.2, -0.15) is 0 Å². The molecule has 0 radical (unpaired) electrons. The molecule has 0 saturated heterocycles. The Kier molecular flexibility index (Phi) is 6.38. The first-order valence-electron chi connectivity index (χ1n) is 7.25. The first kappa shape index (κ1) is 18.8. The summed E-state index contributed by atoms with van der Waals surface area (Å²) in [6.45, 7) is 1.40. The average molecular weight is 380 g/mol. The van der Waals surface area contributed by atoms with Crippen LogP contribution in [0, 0.1) is 0 Å². The number of amides is 3. The van der Waals surface area contributed by atoms with Crippen molar-refractivity contribution >= 4 is 58.0 Å². The fourth-order valence-electron chi connectivity index (χ4n) is 2.02. The molecule has 25 heavy (non-hydrogen) atoms. The molecule has 0 aliphatic heterocycles. The maximum absolute atomic E-state index is 11.9. The van der Waals surface area contributed by atoms with E-state index in [-0.39, 0.29) is 12.3 Å². The van der Waals surface area contributed by atoms with E-state index in [9.17, 15) is 14.4 Å². The molecule has 0 unspecified atom stereocenters. The van der Waals surface area contributed by atoms with Crippen molar-refractivity contribution in [3.05, 3.63) is 52.5 Å². The normalized spacial score (nSPS) is 10.0. The second-order valence-electron chi connectivity index (χ2n) is 5.19. The van der Waals surface area contributed by atoms with Crippen LogP contribution in [-0.2, 0) is 14.4 Å². The molecule has 0 fully saturated rings. The third kappa shape index (κ3) is 6.45. The topological polar surface area (TPSA) is 87.3 Å². The molecular formula is C17H15Cl2N3O3. The predicted octanol–water partition coefficient (Wildman–Crippen LogP) is 3.92. The van der Waals surface area contributed by atoms with E-state index in [1.807, 2.05) is 0 Å². The molecule has 2 aromatic carbocycles. The zero-order valence-corrected chi connectivity index (χ0v) is 14.7. The van der Waals surface area contributed by atoms with E-state index >= 15 is 0 Å². The van der Waals surface area contributed by atoms with Gasteiger partial charge in [-0.15, -0.1) is 0 Å². The number of rotatable bonds is 5. The standard InChI is InChI=1S/C17H15Cl2N3O3/c1-10(23)20-13-2-4-14(5-3-13)21-16(24)9-17(25)22-15-7-11(18)6-12(19)8-15/h2-8H,9H2,1H3,(H,20,23)(H,21,24)(H,22,25). The van der Waals surface area contributed by atoms with Crippen LogP contribution in [0.3, 0.4) is 0 Å². The molecule has 0 spiro atoms. The van der Waals surface area contributed by atoms with E-state index < -0.39 is 11.8 Å². The van der Waals surface area contributed by atoms with E-state index in [1.54, 1.807) is 24.3 Å². The van der Waals surface area contributed by atoms with Gasteiger partial charge in [-0.1, -0.05) is 23.2 Å². The van der Waals surface area contributed by atoms with E-state index in [0.717, 1.165) is 0 Å². The van der Waals surface area contributed by atoms with Crippen LogP contribution in [0.25, 0.3) is 0 Å². The third-order valence-corrected chi connectivity index (χ3v) is 3.39. The number of nitrogens with one attached hydrogen (secondary N) is 3. The van der Waals surface area contributed by atoms with Gasteiger partial charge in [0.25, 0.3) is 0 Å². The quantitative estimate of drug-likeness (QED) is 0.687. The van der Waals surface area contributed by atoms with E-state index in [2.05, 4.69) is 16.0 Å². The minimum absolute atomic E-state index is 0.186. The Bertz CT molecular complexity index is 787. The summed E-state index contributed by atoms with van der Waals surface area (Å²) >= 11 is 11.7. The number of hydrogen-bond acceptors (Lipinski definition) is 3. The van der Waals surface area contributed by atoms with Crippen LogP contribution in [0.1, 0.15) is 13.3 Å². The van der Waals surface area contributed by atoms with Crippen molar-refractivity contribution in [1.82, 2.24) is 0 Å². The Labute approximate surface area is 154 Å². The molecule has 2 aromatic rings. The summed E-state index contributed by atoms with van der Waals surface area (Å²) in [4.78, 5) is 34.8. The molecule has 3 amide bonds. The van der Waals surface area contributed by atoms with Crippen molar-refractivity contribution in [2.45, 2.75) is 13.3 Å². The van der Waals surface area contributed by atoms with Crippen LogP contribution >= 0.6 is 23.2 Å². The minimum Gasteiger partial charge on any atom is -0.326 e. The molecule has 3 N–H and O–H groups in total. The molecule has 2 rings (SSSR count). The van der Waals surface area contributed by atoms with Gasteiger partial charge in [0, 0.05) is 34.0 Å². The highest BCUT2D eigenvalue weighted by molar-refractivity contribution is 6.35. The largest absolute Gasteiger partial charge is 0.326 e. The van der Waals surface area contributed by atoms with Gasteiger partial charge in [-0.05, 0) is 42.5 Å². The van der Waals surface area contributed by atoms with Crippen LogP contribution < -0.4 is 16.0 Å². The van der Waals surface area contributed by atoms with Gasteiger partial charge < -0.3 is 16.0 Å². The molecule has 8 heteroatoms. The zero-order valence-electron chi connectivity index (χ0n) is 13.2. The number of benzene rings is 2. The second kappa shape index (κ2) is 8.50. The van der Waals surface area contributed by atoms with Gasteiger partial charge in [0.1, 0.15) is 6.42 Å². The molecule has 0 aliphatic rings. The summed E-state index contributed by atoms with van der Waals surface area (Å²) in [5.41, 5.74) is 1.54. The van der Waals surface area contributed by atoms with Crippen molar-refractivity contribution in [3.8, 4) is 0 Å². The highest BCUT2D eigenvalue weighted by Crippen LogP contribution is 2.22. The number of halogens is 2. The summed E-state index contributed by atoms with van der Waals surface area (Å²) in [5, 5.41) is 8.53. The van der Waals surface area contributed by atoms with Gasteiger partial charge >= 0.3 is 0 Å².